The Labute approximate surface area is 126 Å². The van der Waals surface area contributed by atoms with E-state index < -0.39 is 0 Å². The van der Waals surface area contributed by atoms with Crippen LogP contribution in [0, 0.1) is 6.92 Å². The van der Waals surface area contributed by atoms with E-state index >= 15 is 0 Å². The Kier molecular flexibility index (Phi) is 5.64. The summed E-state index contributed by atoms with van der Waals surface area (Å²) in [6.45, 7) is 6.58. The molecule has 0 spiro atoms. The van der Waals surface area contributed by atoms with E-state index in [2.05, 4.69) is 42.6 Å². The highest BCUT2D eigenvalue weighted by Gasteiger charge is 2.11. The fraction of sp³-hybridized carbons (Fsp3) is 0.333. The van der Waals surface area contributed by atoms with Crippen LogP contribution in [-0.2, 0) is 13.1 Å². The van der Waals surface area contributed by atoms with Gasteiger partial charge in [-0.2, -0.15) is 0 Å². The highest BCUT2D eigenvalue weighted by Crippen LogP contribution is 2.30. The molecule has 112 valence electrons. The molecule has 0 aliphatic heterocycles. The third-order valence-corrected chi connectivity index (χ3v) is 3.43. The van der Waals surface area contributed by atoms with Crippen LogP contribution in [-0.4, -0.2) is 13.7 Å². The number of nitrogens with two attached hydrogens (primary N) is 1. The number of ether oxygens (including phenoxy) is 2. The molecule has 2 rings (SSSR count). The summed E-state index contributed by atoms with van der Waals surface area (Å²) in [5, 5.41) is 2.28. The SMILES string of the molecule is CCOc1c(C[NH2+]Cc2ccc(C)cc2)cccc1OC. The van der Waals surface area contributed by atoms with E-state index in [1.165, 1.54) is 16.7 Å². The summed E-state index contributed by atoms with van der Waals surface area (Å²) in [4.78, 5) is 0. The number of rotatable bonds is 7. The third kappa shape index (κ3) is 4.23. The van der Waals surface area contributed by atoms with Gasteiger partial charge in [0.05, 0.1) is 19.3 Å². The van der Waals surface area contributed by atoms with Crippen molar-refractivity contribution in [2.75, 3.05) is 13.7 Å². The van der Waals surface area contributed by atoms with Gasteiger partial charge in [-0.3, -0.25) is 0 Å². The van der Waals surface area contributed by atoms with Gasteiger partial charge in [0.2, 0.25) is 0 Å². The van der Waals surface area contributed by atoms with Gasteiger partial charge in [0.1, 0.15) is 13.1 Å². The van der Waals surface area contributed by atoms with Gasteiger partial charge in [0.15, 0.2) is 11.5 Å². The maximum atomic E-state index is 5.73. The van der Waals surface area contributed by atoms with Crippen LogP contribution in [0.5, 0.6) is 11.5 Å². The zero-order valence-electron chi connectivity index (χ0n) is 13.1. The highest BCUT2D eigenvalue weighted by atomic mass is 16.5. The number of quaternary nitrogens is 1. The van der Waals surface area contributed by atoms with E-state index in [1.807, 2.05) is 19.1 Å². The van der Waals surface area contributed by atoms with Crippen molar-refractivity contribution in [1.82, 2.24) is 0 Å². The maximum Gasteiger partial charge on any atom is 0.169 e. The van der Waals surface area contributed by atoms with E-state index in [4.69, 9.17) is 9.47 Å². The topological polar surface area (TPSA) is 35.1 Å². The monoisotopic (exact) mass is 286 g/mol. The fourth-order valence-corrected chi connectivity index (χ4v) is 2.31. The van der Waals surface area contributed by atoms with Crippen LogP contribution in [0.4, 0.5) is 0 Å². The molecule has 0 aliphatic carbocycles. The first-order chi connectivity index (χ1) is 10.2. The minimum atomic E-state index is 0.644. The Morgan fingerprint density at radius 2 is 1.76 bits per heavy atom. The molecule has 2 aromatic rings. The standard InChI is InChI=1S/C18H23NO2/c1-4-21-18-16(6-5-7-17(18)20-3)13-19-12-15-10-8-14(2)9-11-15/h5-11,19H,4,12-13H2,1-3H3/p+1. The second-order valence-corrected chi connectivity index (χ2v) is 5.06. The van der Waals surface area contributed by atoms with Crippen LogP contribution < -0.4 is 14.8 Å². The molecule has 2 aromatic carbocycles. The maximum absolute atomic E-state index is 5.73. The predicted octanol–water partition coefficient (Wildman–Crippen LogP) is 2.67. The van der Waals surface area contributed by atoms with Gasteiger partial charge in [-0.05, 0) is 26.0 Å². The van der Waals surface area contributed by atoms with Crippen molar-refractivity contribution >= 4 is 0 Å². The van der Waals surface area contributed by atoms with Crippen molar-refractivity contribution in [2.45, 2.75) is 26.9 Å². The molecule has 0 amide bonds. The lowest BCUT2D eigenvalue weighted by Gasteiger charge is -2.13. The van der Waals surface area contributed by atoms with E-state index in [9.17, 15) is 0 Å². The second-order valence-electron chi connectivity index (χ2n) is 5.06. The van der Waals surface area contributed by atoms with Crippen molar-refractivity contribution in [3.05, 3.63) is 59.2 Å². The van der Waals surface area contributed by atoms with Crippen molar-refractivity contribution in [3.63, 3.8) is 0 Å². The molecule has 0 aliphatic rings. The van der Waals surface area contributed by atoms with Gasteiger partial charge in [-0.15, -0.1) is 0 Å². The van der Waals surface area contributed by atoms with Gasteiger partial charge in [-0.25, -0.2) is 0 Å². The van der Waals surface area contributed by atoms with Crippen LogP contribution in [0.25, 0.3) is 0 Å². The average Bonchev–Trinajstić information content (AvgIpc) is 2.51. The Morgan fingerprint density at radius 1 is 1.00 bits per heavy atom. The largest absolute Gasteiger partial charge is 0.493 e. The van der Waals surface area contributed by atoms with Gasteiger partial charge >= 0.3 is 0 Å². The average molecular weight is 286 g/mol. The summed E-state index contributed by atoms with van der Waals surface area (Å²) in [5.74, 6) is 1.67. The summed E-state index contributed by atoms with van der Waals surface area (Å²) in [6.07, 6.45) is 0. The third-order valence-electron chi connectivity index (χ3n) is 3.43. The summed E-state index contributed by atoms with van der Waals surface area (Å²) in [6, 6.07) is 14.7. The number of para-hydroxylation sites is 1. The molecule has 0 unspecified atom stereocenters. The molecule has 21 heavy (non-hydrogen) atoms. The molecule has 0 fully saturated rings. The van der Waals surface area contributed by atoms with Gasteiger partial charge < -0.3 is 14.8 Å². The normalized spacial score (nSPS) is 10.4. The number of hydrogen-bond acceptors (Lipinski definition) is 2. The lowest BCUT2D eigenvalue weighted by molar-refractivity contribution is -0.686. The molecule has 0 saturated heterocycles. The van der Waals surface area contributed by atoms with Crippen LogP contribution in [0.1, 0.15) is 23.6 Å². The van der Waals surface area contributed by atoms with Crippen LogP contribution in [0.15, 0.2) is 42.5 Å². The lowest BCUT2D eigenvalue weighted by Crippen LogP contribution is -2.80. The van der Waals surface area contributed by atoms with E-state index in [1.54, 1.807) is 7.11 Å². The molecule has 0 radical (unpaired) electrons. The molecule has 0 saturated carbocycles. The van der Waals surface area contributed by atoms with Gasteiger partial charge in [-0.1, -0.05) is 35.9 Å². The smallest absolute Gasteiger partial charge is 0.169 e. The zero-order valence-corrected chi connectivity index (χ0v) is 13.1. The van der Waals surface area contributed by atoms with Gasteiger partial charge in [0, 0.05) is 5.56 Å². The first kappa shape index (κ1) is 15.4. The van der Waals surface area contributed by atoms with E-state index in [0.29, 0.717) is 6.61 Å². The number of aryl methyl sites for hydroxylation is 1. The Balaban J connectivity index is 2.00. The number of methoxy groups -OCH3 is 1. The quantitative estimate of drug-likeness (QED) is 0.849. The Bertz CT molecular complexity index is 564. The van der Waals surface area contributed by atoms with Crippen molar-refractivity contribution in [3.8, 4) is 11.5 Å². The molecule has 3 heteroatoms. The molecule has 0 heterocycles. The molecule has 2 N–H and O–H groups in total. The minimum Gasteiger partial charge on any atom is -0.493 e. The Morgan fingerprint density at radius 3 is 2.43 bits per heavy atom. The van der Waals surface area contributed by atoms with E-state index in [-0.39, 0.29) is 0 Å². The predicted molar refractivity (Wildman–Crippen MR) is 84.7 cm³/mol. The summed E-state index contributed by atoms with van der Waals surface area (Å²) < 4.78 is 11.1. The number of hydrogen-bond donors (Lipinski definition) is 1. The summed E-state index contributed by atoms with van der Waals surface area (Å²) in [7, 11) is 1.68. The van der Waals surface area contributed by atoms with Crippen LogP contribution >= 0.6 is 0 Å². The molecular weight excluding hydrogens is 262 g/mol. The molecule has 0 atom stereocenters. The van der Waals surface area contributed by atoms with Gasteiger partial charge in [0.25, 0.3) is 0 Å². The summed E-state index contributed by atoms with van der Waals surface area (Å²) in [5.41, 5.74) is 3.80. The first-order valence-electron chi connectivity index (χ1n) is 7.40. The molecular formula is C18H24NO2+. The zero-order chi connectivity index (χ0) is 15.1. The summed E-state index contributed by atoms with van der Waals surface area (Å²) >= 11 is 0. The molecule has 3 nitrogen and oxygen atoms in total. The van der Waals surface area contributed by atoms with Crippen LogP contribution in [0.2, 0.25) is 0 Å². The second kappa shape index (κ2) is 7.70. The van der Waals surface area contributed by atoms with Crippen molar-refractivity contribution in [1.29, 1.82) is 0 Å². The Hall–Kier alpha value is -2.00. The lowest BCUT2D eigenvalue weighted by atomic mass is 10.1. The van der Waals surface area contributed by atoms with E-state index in [0.717, 1.165) is 24.6 Å². The molecule has 0 bridgehead atoms. The highest BCUT2D eigenvalue weighted by molar-refractivity contribution is 5.46. The minimum absolute atomic E-state index is 0.644. The van der Waals surface area contributed by atoms with Crippen molar-refractivity contribution in [2.24, 2.45) is 0 Å². The first-order valence-corrected chi connectivity index (χ1v) is 7.40. The molecule has 0 aromatic heterocycles. The van der Waals surface area contributed by atoms with Crippen molar-refractivity contribution < 1.29 is 14.8 Å². The number of benzene rings is 2. The van der Waals surface area contributed by atoms with Crippen LogP contribution in [0.3, 0.4) is 0 Å². The fourth-order valence-electron chi connectivity index (χ4n) is 2.31.